The first-order valence-corrected chi connectivity index (χ1v) is 10.5. The van der Waals surface area contributed by atoms with Gasteiger partial charge in [-0.15, -0.1) is 24.0 Å². The number of aliphatic imine (C=N–C) groups is 1. The highest BCUT2D eigenvalue weighted by Gasteiger charge is 2.13. The molecule has 0 radical (unpaired) electrons. The van der Waals surface area contributed by atoms with Crippen molar-refractivity contribution in [2.45, 2.75) is 66.5 Å². The predicted molar refractivity (Wildman–Crippen MR) is 133 cm³/mol. The second kappa shape index (κ2) is 16.4. The van der Waals surface area contributed by atoms with Crippen LogP contribution in [0.4, 0.5) is 5.69 Å². The number of amides is 1. The zero-order chi connectivity index (χ0) is 20.8. The molecule has 3 N–H and O–H groups in total. The molecule has 1 aromatic rings. The number of halogens is 1. The number of hydrogen-bond acceptors (Lipinski definition) is 3. The molecule has 166 valence electrons. The Bertz CT molecular complexity index is 608. The lowest BCUT2D eigenvalue weighted by molar-refractivity contribution is -0.116. The first-order chi connectivity index (χ1) is 13.5. The van der Waals surface area contributed by atoms with E-state index >= 15 is 0 Å². The van der Waals surface area contributed by atoms with Gasteiger partial charge in [-0.2, -0.15) is 0 Å². The first-order valence-electron chi connectivity index (χ1n) is 10.5. The number of anilines is 1. The molecular weight excluding hydrogens is 479 g/mol. The summed E-state index contributed by atoms with van der Waals surface area (Å²) in [4.78, 5) is 16.4. The molecule has 0 saturated carbocycles. The topological polar surface area (TPSA) is 74.8 Å². The van der Waals surface area contributed by atoms with E-state index in [1.807, 2.05) is 38.1 Å². The van der Waals surface area contributed by atoms with Crippen LogP contribution in [0.5, 0.6) is 0 Å². The summed E-state index contributed by atoms with van der Waals surface area (Å²) in [6.07, 6.45) is 2.57. The summed E-state index contributed by atoms with van der Waals surface area (Å²) in [6, 6.07) is 7.85. The van der Waals surface area contributed by atoms with Crippen molar-refractivity contribution in [3.8, 4) is 0 Å². The lowest BCUT2D eigenvalue weighted by atomic mass is 10.0. The van der Waals surface area contributed by atoms with Crippen LogP contribution < -0.4 is 16.0 Å². The molecule has 1 unspecified atom stereocenters. The highest BCUT2D eigenvalue weighted by atomic mass is 127. The van der Waals surface area contributed by atoms with Crippen molar-refractivity contribution >= 4 is 41.5 Å². The maximum Gasteiger partial charge on any atom is 0.224 e. The molecule has 0 aromatic heterocycles. The van der Waals surface area contributed by atoms with Gasteiger partial charge in [-0.05, 0) is 50.3 Å². The SMILES string of the molecule is CCCC(=O)Nc1cccc(CN=C(NCC)NCCC(OCC)C(C)C)c1.I. The van der Waals surface area contributed by atoms with E-state index in [1.165, 1.54) is 0 Å². The second-order valence-electron chi connectivity index (χ2n) is 7.15. The van der Waals surface area contributed by atoms with E-state index in [0.717, 1.165) is 49.7 Å². The van der Waals surface area contributed by atoms with Crippen molar-refractivity contribution in [3.63, 3.8) is 0 Å². The van der Waals surface area contributed by atoms with Crippen LogP contribution in [0.15, 0.2) is 29.3 Å². The Morgan fingerprint density at radius 1 is 1.17 bits per heavy atom. The zero-order valence-corrected chi connectivity index (χ0v) is 20.9. The lowest BCUT2D eigenvalue weighted by Gasteiger charge is -2.21. The standard InChI is InChI=1S/C22H38N4O2.HI/c1-6-10-21(27)26-19-12-9-11-18(15-19)16-25-22(23-7-2)24-14-13-20(17(4)5)28-8-3;/h9,11-12,15,17,20H,6-8,10,13-14,16H2,1-5H3,(H,26,27)(H2,23,24,25);1H. The maximum absolute atomic E-state index is 11.8. The Morgan fingerprint density at radius 2 is 1.93 bits per heavy atom. The fourth-order valence-corrected chi connectivity index (χ4v) is 2.87. The number of carbonyl (C=O) groups excluding carboxylic acids is 1. The monoisotopic (exact) mass is 518 g/mol. The minimum absolute atomic E-state index is 0. The molecule has 0 bridgehead atoms. The van der Waals surface area contributed by atoms with Gasteiger partial charge in [0, 0.05) is 31.8 Å². The minimum atomic E-state index is 0. The molecule has 6 nitrogen and oxygen atoms in total. The van der Waals surface area contributed by atoms with Crippen LogP contribution in [0.1, 0.15) is 59.4 Å². The van der Waals surface area contributed by atoms with Gasteiger partial charge < -0.3 is 20.7 Å². The Hall–Kier alpha value is -1.35. The Kier molecular flexibility index (Phi) is 15.7. The van der Waals surface area contributed by atoms with E-state index in [1.54, 1.807) is 0 Å². The third-order valence-electron chi connectivity index (χ3n) is 4.30. The van der Waals surface area contributed by atoms with Gasteiger partial charge >= 0.3 is 0 Å². The summed E-state index contributed by atoms with van der Waals surface area (Å²) in [5.41, 5.74) is 1.88. The van der Waals surface area contributed by atoms with Crippen LogP contribution in [-0.4, -0.2) is 37.7 Å². The quantitative estimate of drug-likeness (QED) is 0.216. The second-order valence-corrected chi connectivity index (χ2v) is 7.15. The number of benzene rings is 1. The van der Waals surface area contributed by atoms with Gasteiger partial charge in [-0.3, -0.25) is 4.79 Å². The molecule has 1 atom stereocenters. The fourth-order valence-electron chi connectivity index (χ4n) is 2.87. The van der Waals surface area contributed by atoms with Crippen molar-refractivity contribution in [1.29, 1.82) is 0 Å². The third-order valence-corrected chi connectivity index (χ3v) is 4.30. The number of rotatable bonds is 12. The average Bonchev–Trinajstić information content (AvgIpc) is 2.65. The van der Waals surface area contributed by atoms with Crippen LogP contribution in [0.25, 0.3) is 0 Å². The van der Waals surface area contributed by atoms with Crippen LogP contribution in [0, 0.1) is 5.92 Å². The Morgan fingerprint density at radius 3 is 2.55 bits per heavy atom. The number of ether oxygens (including phenoxy) is 1. The van der Waals surface area contributed by atoms with Crippen LogP contribution in [-0.2, 0) is 16.1 Å². The van der Waals surface area contributed by atoms with E-state index in [0.29, 0.717) is 18.9 Å². The number of nitrogens with one attached hydrogen (secondary N) is 3. The van der Waals surface area contributed by atoms with Gasteiger partial charge in [-0.1, -0.05) is 32.9 Å². The molecule has 0 spiro atoms. The van der Waals surface area contributed by atoms with Crippen molar-refractivity contribution in [1.82, 2.24) is 10.6 Å². The minimum Gasteiger partial charge on any atom is -0.378 e. The lowest BCUT2D eigenvalue weighted by Crippen LogP contribution is -2.39. The molecule has 1 rings (SSSR count). The number of nitrogens with zero attached hydrogens (tertiary/aromatic N) is 1. The molecular formula is C22H39IN4O2. The fraction of sp³-hybridized carbons (Fsp3) is 0.636. The number of carbonyl (C=O) groups is 1. The molecule has 1 amide bonds. The molecule has 0 saturated heterocycles. The summed E-state index contributed by atoms with van der Waals surface area (Å²) in [6.45, 7) is 13.4. The van der Waals surface area contributed by atoms with E-state index in [9.17, 15) is 4.79 Å². The first kappa shape index (κ1) is 27.6. The van der Waals surface area contributed by atoms with Crippen molar-refractivity contribution < 1.29 is 9.53 Å². The van der Waals surface area contributed by atoms with Gasteiger partial charge in [-0.25, -0.2) is 4.99 Å². The van der Waals surface area contributed by atoms with Gasteiger partial charge in [0.1, 0.15) is 0 Å². The highest BCUT2D eigenvalue weighted by molar-refractivity contribution is 14.0. The summed E-state index contributed by atoms with van der Waals surface area (Å²) in [5.74, 6) is 1.33. The summed E-state index contributed by atoms with van der Waals surface area (Å²) >= 11 is 0. The van der Waals surface area contributed by atoms with E-state index in [-0.39, 0.29) is 36.0 Å². The molecule has 1 aromatic carbocycles. The molecule has 0 heterocycles. The molecule has 0 aliphatic heterocycles. The van der Waals surface area contributed by atoms with Crippen molar-refractivity contribution in [2.24, 2.45) is 10.9 Å². The van der Waals surface area contributed by atoms with Gasteiger partial charge in [0.05, 0.1) is 12.6 Å². The van der Waals surface area contributed by atoms with Gasteiger partial charge in [0.15, 0.2) is 5.96 Å². The molecule has 29 heavy (non-hydrogen) atoms. The highest BCUT2D eigenvalue weighted by Crippen LogP contribution is 2.12. The van der Waals surface area contributed by atoms with Crippen molar-refractivity contribution in [3.05, 3.63) is 29.8 Å². The smallest absolute Gasteiger partial charge is 0.224 e. The van der Waals surface area contributed by atoms with Crippen LogP contribution >= 0.6 is 24.0 Å². The molecule has 7 heteroatoms. The third kappa shape index (κ3) is 12.1. The molecule has 0 aliphatic rings. The number of guanidine groups is 1. The summed E-state index contributed by atoms with van der Waals surface area (Å²) in [7, 11) is 0. The number of hydrogen-bond donors (Lipinski definition) is 3. The normalized spacial score (nSPS) is 12.3. The Balaban J connectivity index is 0.00000784. The molecule has 0 aliphatic carbocycles. The largest absolute Gasteiger partial charge is 0.378 e. The van der Waals surface area contributed by atoms with Crippen LogP contribution in [0.3, 0.4) is 0 Å². The van der Waals surface area contributed by atoms with Crippen LogP contribution in [0.2, 0.25) is 0 Å². The van der Waals surface area contributed by atoms with Gasteiger partial charge in [0.25, 0.3) is 0 Å². The average molecular weight is 518 g/mol. The van der Waals surface area contributed by atoms with E-state index in [2.05, 4.69) is 41.7 Å². The maximum atomic E-state index is 11.8. The predicted octanol–water partition coefficient (Wildman–Crippen LogP) is 4.55. The molecule has 0 fully saturated rings. The van der Waals surface area contributed by atoms with E-state index < -0.39 is 0 Å². The van der Waals surface area contributed by atoms with Gasteiger partial charge in [0.2, 0.25) is 5.91 Å². The summed E-state index contributed by atoms with van der Waals surface area (Å²) < 4.78 is 5.80. The van der Waals surface area contributed by atoms with E-state index in [4.69, 9.17) is 4.74 Å². The summed E-state index contributed by atoms with van der Waals surface area (Å²) in [5, 5.41) is 9.60. The zero-order valence-electron chi connectivity index (χ0n) is 18.6. The Labute approximate surface area is 193 Å². The van der Waals surface area contributed by atoms with Crippen molar-refractivity contribution in [2.75, 3.05) is 25.0 Å².